The maximum Gasteiger partial charge on any atom is 0.416 e. The lowest BCUT2D eigenvalue weighted by Crippen LogP contribution is -2.14. The second kappa shape index (κ2) is 8.26. The second-order valence-electron chi connectivity index (χ2n) is 6.17. The Morgan fingerprint density at radius 1 is 1.10 bits per heavy atom. The summed E-state index contributed by atoms with van der Waals surface area (Å²) in [7, 11) is 1.48. The van der Waals surface area contributed by atoms with Crippen LogP contribution in [0.1, 0.15) is 5.56 Å². The van der Waals surface area contributed by atoms with Crippen molar-refractivity contribution in [3.63, 3.8) is 0 Å². The van der Waals surface area contributed by atoms with Crippen molar-refractivity contribution in [1.82, 2.24) is 4.57 Å². The summed E-state index contributed by atoms with van der Waals surface area (Å²) in [6.07, 6.45) is -3.10. The molecule has 0 fully saturated rings. The van der Waals surface area contributed by atoms with Gasteiger partial charge in [0.15, 0.2) is 0 Å². The molecular weight excluding hydrogens is 540 g/mol. The highest BCUT2D eigenvalue weighted by atomic mass is 127. The molecular formula is C19H11ClF3IN2O4. The van der Waals surface area contributed by atoms with Gasteiger partial charge in [-0.25, -0.2) is 0 Å². The Morgan fingerprint density at radius 2 is 1.77 bits per heavy atom. The molecule has 2 aromatic carbocycles. The molecule has 0 amide bonds. The first-order valence-electron chi connectivity index (χ1n) is 8.17. The first kappa shape index (κ1) is 22.1. The quantitative estimate of drug-likeness (QED) is 0.226. The van der Waals surface area contributed by atoms with Gasteiger partial charge in [0, 0.05) is 42.6 Å². The summed E-state index contributed by atoms with van der Waals surface area (Å²) in [6, 6.07) is 7.87. The average molecular weight is 551 g/mol. The third kappa shape index (κ3) is 4.59. The van der Waals surface area contributed by atoms with Crippen LogP contribution in [-0.2, 0) is 13.2 Å². The fourth-order valence-electron chi connectivity index (χ4n) is 2.61. The number of hydrogen-bond donors (Lipinski definition) is 0. The van der Waals surface area contributed by atoms with Crippen LogP contribution in [-0.4, -0.2) is 9.49 Å². The Hall–Kier alpha value is -2.60. The summed E-state index contributed by atoms with van der Waals surface area (Å²) >= 11 is 7.89. The van der Waals surface area contributed by atoms with E-state index in [0.717, 1.165) is 24.3 Å². The largest absolute Gasteiger partial charge is 0.456 e. The van der Waals surface area contributed by atoms with E-state index in [-0.39, 0.29) is 36.9 Å². The van der Waals surface area contributed by atoms with Crippen LogP contribution >= 0.6 is 34.2 Å². The van der Waals surface area contributed by atoms with Gasteiger partial charge in [0.05, 0.1) is 19.1 Å². The monoisotopic (exact) mass is 550 g/mol. The number of nitro groups is 1. The lowest BCUT2D eigenvalue weighted by molar-refractivity contribution is -0.384. The first-order chi connectivity index (χ1) is 14.0. The molecule has 0 radical (unpaired) electrons. The molecule has 0 spiro atoms. The van der Waals surface area contributed by atoms with Crippen molar-refractivity contribution in [3.05, 3.63) is 83.3 Å². The van der Waals surface area contributed by atoms with Crippen LogP contribution in [0.5, 0.6) is 11.5 Å². The predicted octanol–water partition coefficient (Wildman–Crippen LogP) is 6.03. The third-order valence-corrected chi connectivity index (χ3v) is 5.28. The van der Waals surface area contributed by atoms with Gasteiger partial charge in [0.2, 0.25) is 0 Å². The van der Waals surface area contributed by atoms with Gasteiger partial charge < -0.3 is 9.30 Å². The summed E-state index contributed by atoms with van der Waals surface area (Å²) in [4.78, 5) is 22.4. The number of aromatic nitrogens is 1. The Kier molecular flexibility index (Phi) is 6.09. The highest BCUT2D eigenvalue weighted by Gasteiger charge is 2.31. The van der Waals surface area contributed by atoms with Gasteiger partial charge in [-0.3, -0.25) is 14.9 Å². The van der Waals surface area contributed by atoms with Crippen molar-refractivity contribution in [3.8, 4) is 22.6 Å². The molecule has 0 atom stereocenters. The number of hydrogen-bond acceptors (Lipinski definition) is 4. The van der Waals surface area contributed by atoms with Gasteiger partial charge in [0.1, 0.15) is 11.5 Å². The molecule has 3 rings (SSSR count). The molecule has 0 N–H and O–H groups in total. The lowest BCUT2D eigenvalue weighted by atomic mass is 10.1. The fraction of sp³-hybridized carbons (Fsp3) is 0.105. The Balaban J connectivity index is 2.14. The number of halogens is 5. The Labute approximate surface area is 186 Å². The van der Waals surface area contributed by atoms with E-state index in [4.69, 9.17) is 16.3 Å². The number of benzene rings is 2. The summed E-state index contributed by atoms with van der Waals surface area (Å²) in [5.74, 6) is 0.249. The maximum atomic E-state index is 12.9. The molecule has 6 nitrogen and oxygen atoms in total. The van der Waals surface area contributed by atoms with E-state index in [2.05, 4.69) is 0 Å². The van der Waals surface area contributed by atoms with E-state index >= 15 is 0 Å². The molecule has 0 aliphatic carbocycles. The van der Waals surface area contributed by atoms with Gasteiger partial charge in [-0.05, 0) is 46.9 Å². The van der Waals surface area contributed by atoms with Crippen molar-refractivity contribution >= 4 is 39.9 Å². The molecule has 0 saturated carbocycles. The SMILES string of the molecule is Cn1cc(-c2cc([N+](=O)[O-])ccc2Oc2ccc(C(F)(F)F)cc2I)c(Cl)cc1=O. The second-order valence-corrected chi connectivity index (χ2v) is 7.74. The molecule has 1 aromatic heterocycles. The Morgan fingerprint density at radius 3 is 2.37 bits per heavy atom. The van der Waals surface area contributed by atoms with Gasteiger partial charge in [-0.15, -0.1) is 0 Å². The molecule has 0 aliphatic heterocycles. The lowest BCUT2D eigenvalue weighted by Gasteiger charge is -2.15. The molecule has 11 heteroatoms. The molecule has 1 heterocycles. The highest BCUT2D eigenvalue weighted by Crippen LogP contribution is 2.40. The van der Waals surface area contributed by atoms with Crippen molar-refractivity contribution in [1.29, 1.82) is 0 Å². The molecule has 30 heavy (non-hydrogen) atoms. The number of nitro benzene ring substituents is 1. The minimum Gasteiger partial charge on any atom is -0.456 e. The zero-order valence-corrected chi connectivity index (χ0v) is 17.9. The van der Waals surface area contributed by atoms with E-state index < -0.39 is 16.7 Å². The molecule has 0 aliphatic rings. The molecule has 156 valence electrons. The van der Waals surface area contributed by atoms with E-state index in [1.54, 1.807) is 22.6 Å². The smallest absolute Gasteiger partial charge is 0.416 e. The average Bonchev–Trinajstić information content (AvgIpc) is 2.65. The van der Waals surface area contributed by atoms with Crippen molar-refractivity contribution in [2.75, 3.05) is 0 Å². The van der Waals surface area contributed by atoms with E-state index in [1.165, 1.54) is 36.0 Å². The molecule has 0 unspecified atom stereocenters. The van der Waals surface area contributed by atoms with Crippen molar-refractivity contribution < 1.29 is 22.8 Å². The van der Waals surface area contributed by atoms with Gasteiger partial charge in [0.25, 0.3) is 11.2 Å². The van der Waals surface area contributed by atoms with Crippen LogP contribution in [0.4, 0.5) is 18.9 Å². The molecule has 0 saturated heterocycles. The topological polar surface area (TPSA) is 74.4 Å². The van der Waals surface area contributed by atoms with Crippen molar-refractivity contribution in [2.45, 2.75) is 6.18 Å². The summed E-state index contributed by atoms with van der Waals surface area (Å²) in [6.45, 7) is 0. The van der Waals surface area contributed by atoms with E-state index in [1.807, 2.05) is 0 Å². The van der Waals surface area contributed by atoms with Gasteiger partial charge in [-0.2, -0.15) is 13.2 Å². The van der Waals surface area contributed by atoms with E-state index in [9.17, 15) is 28.1 Å². The number of nitrogens with zero attached hydrogens (tertiary/aromatic N) is 2. The van der Waals surface area contributed by atoms with E-state index in [0.29, 0.717) is 5.56 Å². The van der Waals surface area contributed by atoms with Crippen LogP contribution in [0.2, 0.25) is 5.02 Å². The zero-order valence-electron chi connectivity index (χ0n) is 15.0. The third-order valence-electron chi connectivity index (χ3n) is 4.12. The zero-order chi connectivity index (χ0) is 22.2. The normalized spacial score (nSPS) is 11.4. The highest BCUT2D eigenvalue weighted by molar-refractivity contribution is 14.1. The number of alkyl halides is 3. The number of rotatable bonds is 4. The predicted molar refractivity (Wildman–Crippen MR) is 113 cm³/mol. The van der Waals surface area contributed by atoms with Crippen LogP contribution < -0.4 is 10.3 Å². The molecule has 0 bridgehead atoms. The molecule has 3 aromatic rings. The van der Waals surface area contributed by atoms with Crippen LogP contribution in [0.3, 0.4) is 0 Å². The Bertz CT molecular complexity index is 1210. The summed E-state index contributed by atoms with van der Waals surface area (Å²) < 4.78 is 45.9. The number of non-ortho nitro benzene ring substituents is 1. The fourth-order valence-corrected chi connectivity index (χ4v) is 3.48. The van der Waals surface area contributed by atoms with Gasteiger partial charge in [-0.1, -0.05) is 11.6 Å². The number of aryl methyl sites for hydroxylation is 1. The summed E-state index contributed by atoms with van der Waals surface area (Å²) in [5, 5.41) is 11.3. The number of pyridine rings is 1. The van der Waals surface area contributed by atoms with Crippen LogP contribution in [0, 0.1) is 13.7 Å². The van der Waals surface area contributed by atoms with Gasteiger partial charge >= 0.3 is 6.18 Å². The maximum absolute atomic E-state index is 12.9. The first-order valence-corrected chi connectivity index (χ1v) is 9.62. The standard InChI is InChI=1S/C19H11ClF3IN2O4/c1-25-9-13(14(20)8-18(25)27)12-7-11(26(28)29)3-5-16(12)30-17-4-2-10(6-15(17)24)19(21,22)23/h2-9H,1H3. The minimum absolute atomic E-state index is 0.0468. The number of ether oxygens (including phenoxy) is 1. The van der Waals surface area contributed by atoms with Crippen molar-refractivity contribution in [2.24, 2.45) is 7.05 Å². The summed E-state index contributed by atoms with van der Waals surface area (Å²) in [5.41, 5.74) is -0.956. The van der Waals surface area contributed by atoms with Crippen LogP contribution in [0.15, 0.2) is 53.5 Å². The minimum atomic E-state index is -4.50. The van der Waals surface area contributed by atoms with Crippen LogP contribution in [0.25, 0.3) is 11.1 Å².